The van der Waals surface area contributed by atoms with Gasteiger partial charge in [-0.1, -0.05) is 97.1 Å². The standard InChI is InChI=1S/C42H40N6.ClH/c1-47-37-21-11-9-19-33(37)35-25-31(45-39(41(35)47)29-15-5-3-6-16-29)27-43-23-13-14-24-44-28-32-26-36-34-20-10-12-22-38(34)48(2)42(36)40(46-32)30-17-7-4-8-18-30;/h3-12,15-22,25-26,43-44H,13-14,23-24,27-28H2,1-2H3;1H. The first-order valence-electron chi connectivity index (χ1n) is 16.9. The van der Waals surface area contributed by atoms with Gasteiger partial charge in [0.25, 0.3) is 0 Å². The molecule has 0 aliphatic heterocycles. The quantitative estimate of drug-likeness (QED) is 0.135. The molecule has 2 N–H and O–H groups in total. The Morgan fingerprint density at radius 1 is 0.490 bits per heavy atom. The summed E-state index contributed by atoms with van der Waals surface area (Å²) in [7, 11) is 4.29. The lowest BCUT2D eigenvalue weighted by molar-refractivity contribution is 0.577. The van der Waals surface area contributed by atoms with E-state index in [1.165, 1.54) is 43.6 Å². The Balaban J connectivity index is 0.00000378. The van der Waals surface area contributed by atoms with Crippen molar-refractivity contribution in [2.24, 2.45) is 14.1 Å². The molecule has 4 aromatic carbocycles. The van der Waals surface area contributed by atoms with E-state index in [0.29, 0.717) is 0 Å². The molecule has 0 spiro atoms. The normalized spacial score (nSPS) is 11.6. The van der Waals surface area contributed by atoms with Crippen LogP contribution in [0.1, 0.15) is 24.2 Å². The van der Waals surface area contributed by atoms with E-state index in [0.717, 1.165) is 72.9 Å². The SMILES string of the molecule is Cl.Cn1c2ccccc2c2cc(CNCCCCNCc3cc4c5ccccc5n(C)c4c(-c4ccccc4)n3)nc(-c3ccccc3)c21. The first kappa shape index (κ1) is 32.5. The van der Waals surface area contributed by atoms with E-state index in [1.807, 2.05) is 0 Å². The maximum Gasteiger partial charge on any atom is 0.0949 e. The number of pyridine rings is 2. The zero-order valence-corrected chi connectivity index (χ0v) is 28.8. The molecule has 0 saturated heterocycles. The average Bonchev–Trinajstić information content (AvgIpc) is 3.60. The molecular weight excluding hydrogens is 624 g/mol. The zero-order chi connectivity index (χ0) is 32.5. The van der Waals surface area contributed by atoms with E-state index < -0.39 is 0 Å². The van der Waals surface area contributed by atoms with Crippen LogP contribution < -0.4 is 10.6 Å². The van der Waals surface area contributed by atoms with Crippen molar-refractivity contribution in [3.8, 4) is 22.5 Å². The molecule has 0 atom stereocenters. The van der Waals surface area contributed by atoms with Crippen LogP contribution in [0, 0.1) is 0 Å². The highest BCUT2D eigenvalue weighted by Gasteiger charge is 2.17. The highest BCUT2D eigenvalue weighted by Crippen LogP contribution is 2.36. The Hall–Kier alpha value is -5.01. The minimum Gasteiger partial charge on any atom is -0.342 e. The molecule has 0 radical (unpaired) electrons. The average molecular weight is 665 g/mol. The van der Waals surface area contributed by atoms with E-state index in [-0.39, 0.29) is 12.4 Å². The Labute approximate surface area is 293 Å². The van der Waals surface area contributed by atoms with Gasteiger partial charge < -0.3 is 19.8 Å². The van der Waals surface area contributed by atoms with Crippen molar-refractivity contribution in [3.05, 3.63) is 133 Å². The van der Waals surface area contributed by atoms with E-state index in [9.17, 15) is 0 Å². The summed E-state index contributed by atoms with van der Waals surface area (Å²) in [6.45, 7) is 3.36. The van der Waals surface area contributed by atoms with Gasteiger partial charge in [0.15, 0.2) is 0 Å². The molecular formula is C42H41ClN6. The topological polar surface area (TPSA) is 59.7 Å². The van der Waals surface area contributed by atoms with Crippen molar-refractivity contribution >= 4 is 56.0 Å². The van der Waals surface area contributed by atoms with E-state index >= 15 is 0 Å². The summed E-state index contributed by atoms with van der Waals surface area (Å²) in [6, 6.07) is 42.9. The van der Waals surface area contributed by atoms with Gasteiger partial charge in [-0.15, -0.1) is 12.4 Å². The van der Waals surface area contributed by atoms with Gasteiger partial charge in [0.1, 0.15) is 0 Å². The van der Waals surface area contributed by atoms with Crippen molar-refractivity contribution in [2.75, 3.05) is 13.1 Å². The first-order valence-corrected chi connectivity index (χ1v) is 16.9. The van der Waals surface area contributed by atoms with Crippen LogP contribution in [0.2, 0.25) is 0 Å². The number of aromatic nitrogens is 4. The molecule has 0 unspecified atom stereocenters. The molecule has 7 heteroatoms. The molecule has 0 aliphatic rings. The highest BCUT2D eigenvalue weighted by molar-refractivity contribution is 6.13. The Bertz CT molecular complexity index is 2210. The van der Waals surface area contributed by atoms with E-state index in [1.54, 1.807) is 0 Å². The molecule has 8 aromatic rings. The molecule has 49 heavy (non-hydrogen) atoms. The lowest BCUT2D eigenvalue weighted by Gasteiger charge is -2.11. The maximum absolute atomic E-state index is 5.17. The number of hydrogen-bond donors (Lipinski definition) is 2. The predicted molar refractivity (Wildman–Crippen MR) is 207 cm³/mol. The van der Waals surface area contributed by atoms with Gasteiger partial charge in [-0.25, -0.2) is 9.97 Å². The van der Waals surface area contributed by atoms with Crippen LogP contribution >= 0.6 is 12.4 Å². The van der Waals surface area contributed by atoms with Crippen LogP contribution in [-0.4, -0.2) is 32.2 Å². The van der Waals surface area contributed by atoms with Crippen molar-refractivity contribution in [3.63, 3.8) is 0 Å². The Morgan fingerprint density at radius 3 is 1.31 bits per heavy atom. The minimum atomic E-state index is 0. The second-order valence-electron chi connectivity index (χ2n) is 12.7. The molecule has 0 bridgehead atoms. The van der Waals surface area contributed by atoms with Crippen LogP contribution in [-0.2, 0) is 27.2 Å². The third kappa shape index (κ3) is 6.19. The third-order valence-corrected chi connectivity index (χ3v) is 9.54. The summed E-state index contributed by atoms with van der Waals surface area (Å²) in [5, 5.41) is 12.4. The first-order chi connectivity index (χ1) is 23.7. The van der Waals surface area contributed by atoms with Gasteiger partial charge in [-0.2, -0.15) is 0 Å². The third-order valence-electron chi connectivity index (χ3n) is 9.54. The van der Waals surface area contributed by atoms with Crippen LogP contribution in [0.4, 0.5) is 0 Å². The second-order valence-corrected chi connectivity index (χ2v) is 12.7. The number of benzene rings is 4. The largest absolute Gasteiger partial charge is 0.342 e. The zero-order valence-electron chi connectivity index (χ0n) is 28.0. The van der Waals surface area contributed by atoms with E-state index in [2.05, 4.69) is 155 Å². The van der Waals surface area contributed by atoms with Crippen molar-refractivity contribution < 1.29 is 0 Å². The molecule has 8 rings (SSSR count). The van der Waals surface area contributed by atoms with Gasteiger partial charge in [0.2, 0.25) is 0 Å². The number of nitrogens with zero attached hydrogens (tertiary/aromatic N) is 4. The van der Waals surface area contributed by atoms with Crippen LogP contribution in [0.3, 0.4) is 0 Å². The molecule has 6 nitrogen and oxygen atoms in total. The van der Waals surface area contributed by atoms with Crippen molar-refractivity contribution in [2.45, 2.75) is 25.9 Å². The smallest absolute Gasteiger partial charge is 0.0949 e. The van der Waals surface area contributed by atoms with Crippen LogP contribution in [0.15, 0.2) is 121 Å². The number of halogens is 1. The maximum atomic E-state index is 5.17. The van der Waals surface area contributed by atoms with Gasteiger partial charge in [-0.05, 0) is 50.2 Å². The summed E-state index contributed by atoms with van der Waals surface area (Å²) in [6.07, 6.45) is 2.17. The molecule has 246 valence electrons. The summed E-state index contributed by atoms with van der Waals surface area (Å²) in [5.41, 5.74) is 11.3. The highest BCUT2D eigenvalue weighted by atomic mass is 35.5. The minimum absolute atomic E-state index is 0. The number of aryl methyl sites for hydroxylation is 2. The monoisotopic (exact) mass is 664 g/mol. The van der Waals surface area contributed by atoms with Crippen LogP contribution in [0.25, 0.3) is 66.1 Å². The summed E-state index contributed by atoms with van der Waals surface area (Å²) >= 11 is 0. The van der Waals surface area contributed by atoms with E-state index in [4.69, 9.17) is 9.97 Å². The van der Waals surface area contributed by atoms with Gasteiger partial charge in [0, 0.05) is 70.9 Å². The van der Waals surface area contributed by atoms with Crippen molar-refractivity contribution in [1.29, 1.82) is 0 Å². The number of rotatable bonds is 11. The molecule has 4 aromatic heterocycles. The number of unbranched alkanes of at least 4 members (excludes halogenated alkanes) is 1. The van der Waals surface area contributed by atoms with Crippen LogP contribution in [0.5, 0.6) is 0 Å². The summed E-state index contributed by atoms with van der Waals surface area (Å²) < 4.78 is 4.56. The summed E-state index contributed by atoms with van der Waals surface area (Å²) in [5.74, 6) is 0. The molecule has 0 aliphatic carbocycles. The fourth-order valence-electron chi connectivity index (χ4n) is 7.21. The Morgan fingerprint density at radius 2 is 0.878 bits per heavy atom. The number of nitrogens with one attached hydrogen (secondary N) is 2. The van der Waals surface area contributed by atoms with Gasteiger partial charge in [0.05, 0.1) is 33.8 Å². The lowest BCUT2D eigenvalue weighted by atomic mass is 10.1. The van der Waals surface area contributed by atoms with Gasteiger partial charge in [-0.3, -0.25) is 0 Å². The predicted octanol–water partition coefficient (Wildman–Crippen LogP) is 9.18. The number of hydrogen-bond acceptors (Lipinski definition) is 4. The summed E-state index contributed by atoms with van der Waals surface area (Å²) in [4.78, 5) is 10.3. The van der Waals surface area contributed by atoms with Gasteiger partial charge >= 0.3 is 0 Å². The fourth-order valence-corrected chi connectivity index (χ4v) is 7.21. The lowest BCUT2D eigenvalue weighted by Crippen LogP contribution is -2.19. The second kappa shape index (κ2) is 14.2. The number of fused-ring (bicyclic) bond motifs is 6. The molecule has 0 saturated carbocycles. The fraction of sp³-hybridized carbons (Fsp3) is 0.190. The molecule has 0 fully saturated rings. The number of para-hydroxylation sites is 2. The molecule has 4 heterocycles. The Kier molecular flexibility index (Phi) is 9.45. The molecule has 0 amide bonds. The van der Waals surface area contributed by atoms with Crippen molar-refractivity contribution in [1.82, 2.24) is 29.7 Å².